The quantitative estimate of drug-likeness (QED) is 0.752. The SMILES string of the molecule is CC(C)C(C)(C)CNC(=O)C1CC=CCC1C(=O)O. The predicted molar refractivity (Wildman–Crippen MR) is 74.6 cm³/mol. The highest BCUT2D eigenvalue weighted by molar-refractivity contribution is 5.85. The number of amides is 1. The second-order valence-electron chi connectivity index (χ2n) is 6.36. The monoisotopic (exact) mass is 267 g/mol. The molecule has 2 atom stereocenters. The summed E-state index contributed by atoms with van der Waals surface area (Å²) in [6.45, 7) is 9.03. The van der Waals surface area contributed by atoms with Crippen LogP contribution in [0.3, 0.4) is 0 Å². The molecule has 0 fully saturated rings. The number of nitrogens with one attached hydrogen (secondary N) is 1. The van der Waals surface area contributed by atoms with Gasteiger partial charge in [-0.1, -0.05) is 39.8 Å². The van der Waals surface area contributed by atoms with Gasteiger partial charge in [-0.2, -0.15) is 0 Å². The van der Waals surface area contributed by atoms with Gasteiger partial charge in [0.15, 0.2) is 0 Å². The average Bonchev–Trinajstić information content (AvgIpc) is 2.35. The zero-order valence-electron chi connectivity index (χ0n) is 12.3. The largest absolute Gasteiger partial charge is 0.481 e. The summed E-state index contributed by atoms with van der Waals surface area (Å²) in [5.74, 6) is -1.59. The molecule has 19 heavy (non-hydrogen) atoms. The first kappa shape index (κ1) is 15.7. The maximum atomic E-state index is 12.2. The Balaban J connectivity index is 2.62. The molecule has 0 aromatic heterocycles. The molecule has 1 aliphatic rings. The number of aliphatic carboxylic acids is 1. The summed E-state index contributed by atoms with van der Waals surface area (Å²) in [7, 11) is 0. The van der Waals surface area contributed by atoms with Crippen LogP contribution in [0.25, 0.3) is 0 Å². The first-order valence-electron chi connectivity index (χ1n) is 6.91. The molecule has 4 nitrogen and oxygen atoms in total. The van der Waals surface area contributed by atoms with Crippen molar-refractivity contribution < 1.29 is 14.7 Å². The highest BCUT2D eigenvalue weighted by atomic mass is 16.4. The lowest BCUT2D eigenvalue weighted by Gasteiger charge is -2.31. The van der Waals surface area contributed by atoms with Crippen LogP contribution < -0.4 is 5.32 Å². The fraction of sp³-hybridized carbons (Fsp3) is 0.733. The summed E-state index contributed by atoms with van der Waals surface area (Å²) in [6, 6.07) is 0. The van der Waals surface area contributed by atoms with E-state index in [0.717, 1.165) is 0 Å². The van der Waals surface area contributed by atoms with E-state index in [-0.39, 0.29) is 11.3 Å². The number of carboxylic acids is 1. The Morgan fingerprint density at radius 1 is 1.26 bits per heavy atom. The molecule has 0 heterocycles. The van der Waals surface area contributed by atoms with Crippen molar-refractivity contribution in [3.8, 4) is 0 Å². The van der Waals surface area contributed by atoms with Crippen LogP contribution in [0.1, 0.15) is 40.5 Å². The van der Waals surface area contributed by atoms with Gasteiger partial charge in [0.25, 0.3) is 0 Å². The number of carbonyl (C=O) groups excluding carboxylic acids is 1. The molecule has 0 aromatic carbocycles. The van der Waals surface area contributed by atoms with Crippen molar-refractivity contribution in [2.75, 3.05) is 6.54 Å². The van der Waals surface area contributed by atoms with Crippen LogP contribution in [0.15, 0.2) is 12.2 Å². The van der Waals surface area contributed by atoms with Crippen molar-refractivity contribution in [2.24, 2.45) is 23.2 Å². The third-order valence-corrected chi connectivity index (χ3v) is 4.37. The molecule has 108 valence electrons. The van der Waals surface area contributed by atoms with Crippen molar-refractivity contribution in [1.29, 1.82) is 0 Å². The van der Waals surface area contributed by atoms with Gasteiger partial charge in [-0.3, -0.25) is 9.59 Å². The van der Waals surface area contributed by atoms with Crippen LogP contribution in [0, 0.1) is 23.2 Å². The zero-order chi connectivity index (χ0) is 14.6. The molecule has 0 bridgehead atoms. The lowest BCUT2D eigenvalue weighted by atomic mass is 9.80. The van der Waals surface area contributed by atoms with Gasteiger partial charge in [-0.25, -0.2) is 0 Å². The molecule has 1 rings (SSSR count). The lowest BCUT2D eigenvalue weighted by Crippen LogP contribution is -2.43. The number of allylic oxidation sites excluding steroid dienone is 2. The first-order valence-corrected chi connectivity index (χ1v) is 6.91. The van der Waals surface area contributed by atoms with E-state index in [1.807, 2.05) is 12.2 Å². The molecule has 2 unspecified atom stereocenters. The van der Waals surface area contributed by atoms with E-state index in [9.17, 15) is 9.59 Å². The topological polar surface area (TPSA) is 66.4 Å². The van der Waals surface area contributed by atoms with Gasteiger partial charge >= 0.3 is 5.97 Å². The molecule has 4 heteroatoms. The zero-order valence-corrected chi connectivity index (χ0v) is 12.3. The van der Waals surface area contributed by atoms with E-state index in [4.69, 9.17) is 5.11 Å². The second-order valence-corrected chi connectivity index (χ2v) is 6.36. The van der Waals surface area contributed by atoms with Gasteiger partial charge in [0.1, 0.15) is 0 Å². The molecule has 0 saturated carbocycles. The van der Waals surface area contributed by atoms with Gasteiger partial charge < -0.3 is 10.4 Å². The highest BCUT2D eigenvalue weighted by Gasteiger charge is 2.34. The number of hydrogen-bond acceptors (Lipinski definition) is 2. The van der Waals surface area contributed by atoms with Gasteiger partial charge in [0.2, 0.25) is 5.91 Å². The Bertz CT molecular complexity index is 372. The van der Waals surface area contributed by atoms with Crippen LogP contribution >= 0.6 is 0 Å². The highest BCUT2D eigenvalue weighted by Crippen LogP contribution is 2.28. The molecule has 1 amide bonds. The Labute approximate surface area is 115 Å². The minimum Gasteiger partial charge on any atom is -0.481 e. The maximum absolute atomic E-state index is 12.2. The van der Waals surface area contributed by atoms with E-state index in [1.165, 1.54) is 0 Å². The molecule has 0 aromatic rings. The van der Waals surface area contributed by atoms with Crippen molar-refractivity contribution >= 4 is 11.9 Å². The number of rotatable bonds is 5. The normalized spacial score (nSPS) is 23.4. The Morgan fingerprint density at radius 2 is 1.79 bits per heavy atom. The Hall–Kier alpha value is -1.32. The van der Waals surface area contributed by atoms with Crippen molar-refractivity contribution in [1.82, 2.24) is 5.32 Å². The second kappa shape index (κ2) is 6.22. The lowest BCUT2D eigenvalue weighted by molar-refractivity contribution is -0.147. The summed E-state index contributed by atoms with van der Waals surface area (Å²) in [5.41, 5.74) is 0.0128. The maximum Gasteiger partial charge on any atom is 0.307 e. The standard InChI is InChI=1S/C15H25NO3/c1-10(2)15(3,4)9-16-13(17)11-7-5-6-8-12(11)14(18)19/h5-6,10-12H,7-9H2,1-4H3,(H,16,17)(H,18,19). The number of carbonyl (C=O) groups is 2. The van der Waals surface area contributed by atoms with Gasteiger partial charge in [-0.05, 0) is 24.2 Å². The van der Waals surface area contributed by atoms with E-state index >= 15 is 0 Å². The fourth-order valence-corrected chi connectivity index (χ4v) is 2.03. The minimum absolute atomic E-state index is 0.0128. The molecule has 0 spiro atoms. The number of hydrogen-bond donors (Lipinski definition) is 2. The fourth-order valence-electron chi connectivity index (χ4n) is 2.03. The van der Waals surface area contributed by atoms with Crippen LogP contribution in [0.5, 0.6) is 0 Å². The molecule has 0 radical (unpaired) electrons. The minimum atomic E-state index is -0.882. The van der Waals surface area contributed by atoms with E-state index < -0.39 is 17.8 Å². The molecular weight excluding hydrogens is 242 g/mol. The smallest absolute Gasteiger partial charge is 0.307 e. The van der Waals surface area contributed by atoms with Crippen LogP contribution in [-0.4, -0.2) is 23.5 Å². The van der Waals surface area contributed by atoms with Crippen molar-refractivity contribution in [3.05, 3.63) is 12.2 Å². The summed E-state index contributed by atoms with van der Waals surface area (Å²) >= 11 is 0. The summed E-state index contributed by atoms with van der Waals surface area (Å²) in [4.78, 5) is 23.3. The molecule has 2 N–H and O–H groups in total. The van der Waals surface area contributed by atoms with Crippen LogP contribution in [0.4, 0.5) is 0 Å². The summed E-state index contributed by atoms with van der Waals surface area (Å²) in [6.07, 6.45) is 4.71. The first-order chi connectivity index (χ1) is 8.75. The third kappa shape index (κ3) is 4.08. The molecular formula is C15H25NO3. The average molecular weight is 267 g/mol. The van der Waals surface area contributed by atoms with Crippen molar-refractivity contribution in [2.45, 2.75) is 40.5 Å². The van der Waals surface area contributed by atoms with E-state index in [2.05, 4.69) is 33.0 Å². The van der Waals surface area contributed by atoms with E-state index in [0.29, 0.717) is 25.3 Å². The van der Waals surface area contributed by atoms with Crippen LogP contribution in [-0.2, 0) is 9.59 Å². The Kier molecular flexibility index (Phi) is 5.15. The van der Waals surface area contributed by atoms with E-state index in [1.54, 1.807) is 0 Å². The summed E-state index contributed by atoms with van der Waals surface area (Å²) in [5, 5.41) is 12.1. The predicted octanol–water partition coefficient (Wildman–Crippen LogP) is 2.45. The van der Waals surface area contributed by atoms with Crippen molar-refractivity contribution in [3.63, 3.8) is 0 Å². The third-order valence-electron chi connectivity index (χ3n) is 4.37. The molecule has 0 aliphatic heterocycles. The molecule has 0 saturated heterocycles. The van der Waals surface area contributed by atoms with Gasteiger partial charge in [-0.15, -0.1) is 0 Å². The van der Waals surface area contributed by atoms with Crippen LogP contribution in [0.2, 0.25) is 0 Å². The summed E-state index contributed by atoms with van der Waals surface area (Å²) < 4.78 is 0. The van der Waals surface area contributed by atoms with Gasteiger partial charge in [0.05, 0.1) is 11.8 Å². The molecule has 1 aliphatic carbocycles. The van der Waals surface area contributed by atoms with Gasteiger partial charge in [0, 0.05) is 6.54 Å². The Morgan fingerprint density at radius 3 is 2.26 bits per heavy atom. The number of carboxylic acid groups (broad SMARTS) is 1.